The van der Waals surface area contributed by atoms with E-state index >= 15 is 0 Å². The number of furan rings is 1. The van der Waals surface area contributed by atoms with Crippen LogP contribution in [-0.4, -0.2) is 57.8 Å². The Balaban J connectivity index is 1.67. The Bertz CT molecular complexity index is 1000. The zero-order valence-corrected chi connectivity index (χ0v) is 18.4. The standard InChI is InChI=1S/C22H27N3O4S/c1-13-7-8-16(29-13)18-17(19(26)21-14(2)23-15(3)30-21)20(27)22(28)25(18)12-11-24-9-5-4-6-10-24/h7-8,18,27H,4-6,9-12H2,1-3H3. The number of amides is 1. The van der Waals surface area contributed by atoms with Gasteiger partial charge in [-0.2, -0.15) is 0 Å². The van der Waals surface area contributed by atoms with Gasteiger partial charge in [-0.25, -0.2) is 4.98 Å². The fourth-order valence-corrected chi connectivity index (χ4v) is 5.18. The van der Waals surface area contributed by atoms with Crippen LogP contribution in [0.15, 0.2) is 27.9 Å². The number of nitrogens with zero attached hydrogens (tertiary/aromatic N) is 3. The minimum atomic E-state index is -0.731. The molecule has 1 N–H and O–H groups in total. The molecule has 30 heavy (non-hydrogen) atoms. The zero-order valence-electron chi connectivity index (χ0n) is 17.6. The molecule has 0 radical (unpaired) electrons. The second-order valence-corrected chi connectivity index (χ2v) is 9.19. The Morgan fingerprint density at radius 1 is 1.20 bits per heavy atom. The molecule has 0 aliphatic carbocycles. The van der Waals surface area contributed by atoms with Crippen LogP contribution in [0.4, 0.5) is 0 Å². The molecule has 1 atom stereocenters. The average Bonchev–Trinajstić information content (AvgIpc) is 3.37. The van der Waals surface area contributed by atoms with E-state index in [1.807, 2.05) is 19.9 Å². The van der Waals surface area contributed by atoms with Crippen LogP contribution in [0.1, 0.15) is 57.2 Å². The van der Waals surface area contributed by atoms with Crippen molar-refractivity contribution in [2.24, 2.45) is 0 Å². The first-order valence-electron chi connectivity index (χ1n) is 10.4. The van der Waals surface area contributed by atoms with Crippen LogP contribution in [-0.2, 0) is 4.79 Å². The molecule has 0 bridgehead atoms. The number of hydrogen-bond acceptors (Lipinski definition) is 7. The molecule has 2 aromatic heterocycles. The van der Waals surface area contributed by atoms with Gasteiger partial charge < -0.3 is 19.3 Å². The highest BCUT2D eigenvalue weighted by atomic mass is 32.1. The topological polar surface area (TPSA) is 86.9 Å². The molecule has 0 saturated carbocycles. The molecule has 160 valence electrons. The number of hydrogen-bond donors (Lipinski definition) is 1. The highest BCUT2D eigenvalue weighted by Crippen LogP contribution is 2.40. The lowest BCUT2D eigenvalue weighted by molar-refractivity contribution is -0.129. The third kappa shape index (κ3) is 3.81. The molecule has 4 heterocycles. The molecule has 2 aliphatic heterocycles. The molecule has 1 fully saturated rings. The van der Waals surface area contributed by atoms with Crippen molar-refractivity contribution >= 4 is 23.0 Å². The maximum atomic E-state index is 13.4. The summed E-state index contributed by atoms with van der Waals surface area (Å²) >= 11 is 1.28. The predicted molar refractivity (Wildman–Crippen MR) is 114 cm³/mol. The zero-order chi connectivity index (χ0) is 21.4. The van der Waals surface area contributed by atoms with Gasteiger partial charge in [-0.3, -0.25) is 9.59 Å². The number of likely N-dealkylation sites (tertiary alicyclic amines) is 1. The Morgan fingerprint density at radius 2 is 1.93 bits per heavy atom. The lowest BCUT2D eigenvalue weighted by atomic mass is 9.99. The Labute approximate surface area is 180 Å². The molecule has 1 amide bonds. The van der Waals surface area contributed by atoms with E-state index in [4.69, 9.17) is 4.42 Å². The molecule has 1 saturated heterocycles. The number of aliphatic hydroxyl groups is 1. The SMILES string of the molecule is Cc1ccc(C2C(C(=O)c3sc(C)nc3C)=C(O)C(=O)N2CCN2CCCCC2)o1. The van der Waals surface area contributed by atoms with Crippen LogP contribution >= 0.6 is 11.3 Å². The van der Waals surface area contributed by atoms with Gasteiger partial charge in [-0.05, 0) is 58.8 Å². The molecule has 8 heteroatoms. The molecule has 0 aromatic carbocycles. The maximum absolute atomic E-state index is 13.4. The van der Waals surface area contributed by atoms with E-state index in [0.717, 1.165) is 30.9 Å². The molecule has 0 spiro atoms. The highest BCUT2D eigenvalue weighted by molar-refractivity contribution is 7.14. The second-order valence-electron chi connectivity index (χ2n) is 7.99. The summed E-state index contributed by atoms with van der Waals surface area (Å²) in [5.74, 6) is -0.179. The van der Waals surface area contributed by atoms with Crippen molar-refractivity contribution in [3.05, 3.63) is 50.6 Å². The summed E-state index contributed by atoms with van der Waals surface area (Å²) in [5.41, 5.74) is 0.691. The van der Waals surface area contributed by atoms with E-state index in [1.54, 1.807) is 17.9 Å². The highest BCUT2D eigenvalue weighted by Gasteiger charge is 2.45. The van der Waals surface area contributed by atoms with E-state index in [-0.39, 0.29) is 11.4 Å². The molecular formula is C22H27N3O4S. The van der Waals surface area contributed by atoms with Crippen molar-refractivity contribution in [1.82, 2.24) is 14.8 Å². The van der Waals surface area contributed by atoms with Gasteiger partial charge in [-0.1, -0.05) is 6.42 Å². The van der Waals surface area contributed by atoms with E-state index < -0.39 is 17.7 Å². The monoisotopic (exact) mass is 429 g/mol. The molecule has 2 aliphatic rings. The van der Waals surface area contributed by atoms with Crippen LogP contribution in [0, 0.1) is 20.8 Å². The minimum Gasteiger partial charge on any atom is -0.503 e. The van der Waals surface area contributed by atoms with E-state index in [1.165, 1.54) is 17.8 Å². The summed E-state index contributed by atoms with van der Waals surface area (Å²) in [6.45, 7) is 8.57. The lowest BCUT2D eigenvalue weighted by Gasteiger charge is -2.30. The number of carbonyl (C=O) groups excluding carboxylic acids is 2. The Hall–Kier alpha value is -2.45. The number of thiazole rings is 1. The van der Waals surface area contributed by atoms with Crippen molar-refractivity contribution in [1.29, 1.82) is 0 Å². The fraction of sp³-hybridized carbons (Fsp3) is 0.500. The van der Waals surface area contributed by atoms with Crippen molar-refractivity contribution in [2.45, 2.75) is 46.1 Å². The van der Waals surface area contributed by atoms with Crippen LogP contribution in [0.2, 0.25) is 0 Å². The van der Waals surface area contributed by atoms with Gasteiger partial charge in [0, 0.05) is 13.1 Å². The summed E-state index contributed by atoms with van der Waals surface area (Å²) in [6.07, 6.45) is 3.56. The van der Waals surface area contributed by atoms with Gasteiger partial charge in [0.25, 0.3) is 5.91 Å². The maximum Gasteiger partial charge on any atom is 0.290 e. The van der Waals surface area contributed by atoms with Gasteiger partial charge in [0.1, 0.15) is 17.6 Å². The van der Waals surface area contributed by atoms with Crippen molar-refractivity contribution in [3.63, 3.8) is 0 Å². The van der Waals surface area contributed by atoms with Gasteiger partial charge in [0.2, 0.25) is 5.78 Å². The van der Waals surface area contributed by atoms with Gasteiger partial charge in [0.15, 0.2) is 5.76 Å². The lowest BCUT2D eigenvalue weighted by Crippen LogP contribution is -2.40. The quantitative estimate of drug-likeness (QED) is 0.704. The van der Waals surface area contributed by atoms with E-state index in [9.17, 15) is 14.7 Å². The molecule has 1 unspecified atom stereocenters. The third-order valence-electron chi connectivity index (χ3n) is 5.79. The van der Waals surface area contributed by atoms with Crippen molar-refractivity contribution < 1.29 is 19.1 Å². The Morgan fingerprint density at radius 3 is 2.53 bits per heavy atom. The fourth-order valence-electron chi connectivity index (χ4n) is 4.31. The summed E-state index contributed by atoms with van der Waals surface area (Å²) in [4.78, 5) is 35.1. The minimum absolute atomic E-state index is 0.0831. The third-order valence-corrected chi connectivity index (χ3v) is 6.87. The van der Waals surface area contributed by atoms with Crippen LogP contribution in [0.25, 0.3) is 0 Å². The molecule has 2 aromatic rings. The Kier molecular flexibility index (Phi) is 5.79. The number of aryl methyl sites for hydroxylation is 3. The van der Waals surface area contributed by atoms with Crippen LogP contribution < -0.4 is 0 Å². The first kappa shape index (κ1) is 20.8. The first-order chi connectivity index (χ1) is 14.4. The average molecular weight is 430 g/mol. The molecule has 7 nitrogen and oxygen atoms in total. The summed E-state index contributed by atoms with van der Waals surface area (Å²) < 4.78 is 5.82. The molecule has 4 rings (SSSR count). The number of Topliss-reactive ketones (excluding diaryl/α,β-unsaturated/α-hetero) is 1. The number of carbonyl (C=O) groups is 2. The summed E-state index contributed by atoms with van der Waals surface area (Å²) in [6, 6.07) is 2.85. The van der Waals surface area contributed by atoms with Gasteiger partial charge in [0.05, 0.1) is 21.2 Å². The van der Waals surface area contributed by atoms with E-state index in [2.05, 4.69) is 9.88 Å². The van der Waals surface area contributed by atoms with Crippen LogP contribution in [0.3, 0.4) is 0 Å². The normalized spacial score (nSPS) is 20.4. The number of rotatable bonds is 6. The number of aromatic nitrogens is 1. The summed E-state index contributed by atoms with van der Waals surface area (Å²) in [5, 5.41) is 11.5. The van der Waals surface area contributed by atoms with Crippen LogP contribution in [0.5, 0.6) is 0 Å². The predicted octanol–water partition coefficient (Wildman–Crippen LogP) is 3.73. The van der Waals surface area contributed by atoms with Gasteiger partial charge in [-0.15, -0.1) is 11.3 Å². The molecular weight excluding hydrogens is 402 g/mol. The first-order valence-corrected chi connectivity index (χ1v) is 11.2. The van der Waals surface area contributed by atoms with Crippen molar-refractivity contribution in [3.8, 4) is 0 Å². The number of ketones is 1. The smallest absolute Gasteiger partial charge is 0.290 e. The number of aliphatic hydroxyl groups excluding tert-OH is 1. The largest absolute Gasteiger partial charge is 0.503 e. The number of piperidine rings is 1. The summed E-state index contributed by atoms with van der Waals surface area (Å²) in [7, 11) is 0. The van der Waals surface area contributed by atoms with Gasteiger partial charge >= 0.3 is 0 Å². The second kappa shape index (κ2) is 8.35. The van der Waals surface area contributed by atoms with E-state index in [0.29, 0.717) is 35.2 Å². The van der Waals surface area contributed by atoms with Crippen molar-refractivity contribution in [2.75, 3.05) is 26.2 Å².